The summed E-state index contributed by atoms with van der Waals surface area (Å²) in [5.41, 5.74) is 4.67. The van der Waals surface area contributed by atoms with Gasteiger partial charge in [0.1, 0.15) is 0 Å². The second kappa shape index (κ2) is 7.63. The molecule has 2 aliphatic rings. The SMILES string of the molecule is CN1C(=O)Cc2cc(S(=O)(=O)CCC(=O)Nc3cccc4c3CCCC4)ccc21. The molecule has 0 spiro atoms. The molecule has 4 rings (SSSR count). The van der Waals surface area contributed by atoms with Gasteiger partial charge >= 0.3 is 0 Å². The molecule has 0 radical (unpaired) electrons. The molecule has 152 valence electrons. The first kappa shape index (κ1) is 19.6. The van der Waals surface area contributed by atoms with Crippen LogP contribution in [0, 0.1) is 0 Å². The van der Waals surface area contributed by atoms with E-state index in [1.807, 2.05) is 12.1 Å². The first-order valence-corrected chi connectivity index (χ1v) is 11.5. The Labute approximate surface area is 170 Å². The predicted octanol–water partition coefficient (Wildman–Crippen LogP) is 2.89. The average molecular weight is 413 g/mol. The van der Waals surface area contributed by atoms with Crippen molar-refractivity contribution in [3.63, 3.8) is 0 Å². The Morgan fingerprint density at radius 1 is 1.10 bits per heavy atom. The van der Waals surface area contributed by atoms with Crippen LogP contribution in [-0.4, -0.2) is 33.0 Å². The number of benzene rings is 2. The summed E-state index contributed by atoms with van der Waals surface area (Å²) in [7, 11) is -1.94. The van der Waals surface area contributed by atoms with Gasteiger partial charge in [0.2, 0.25) is 11.8 Å². The van der Waals surface area contributed by atoms with Crippen molar-refractivity contribution >= 4 is 33.0 Å². The van der Waals surface area contributed by atoms with Gasteiger partial charge < -0.3 is 10.2 Å². The predicted molar refractivity (Wildman–Crippen MR) is 112 cm³/mol. The zero-order valence-corrected chi connectivity index (χ0v) is 17.2. The minimum absolute atomic E-state index is 0.0554. The molecule has 0 aromatic heterocycles. The minimum atomic E-state index is -3.61. The Kier molecular flexibility index (Phi) is 5.17. The molecular formula is C22H24N2O4S. The number of likely N-dealkylation sites (N-methyl/N-ethyl adjacent to an activating group) is 1. The van der Waals surface area contributed by atoms with E-state index in [0.717, 1.165) is 37.1 Å². The van der Waals surface area contributed by atoms with Gasteiger partial charge in [0.15, 0.2) is 9.84 Å². The summed E-state index contributed by atoms with van der Waals surface area (Å²) in [6.07, 6.45) is 4.31. The highest BCUT2D eigenvalue weighted by Gasteiger charge is 2.26. The molecule has 1 N–H and O–H groups in total. The molecule has 29 heavy (non-hydrogen) atoms. The first-order valence-electron chi connectivity index (χ1n) is 9.88. The van der Waals surface area contributed by atoms with E-state index in [2.05, 4.69) is 11.4 Å². The number of carbonyl (C=O) groups is 2. The van der Waals surface area contributed by atoms with Crippen LogP contribution in [0.5, 0.6) is 0 Å². The Hall–Kier alpha value is -2.67. The van der Waals surface area contributed by atoms with Crippen molar-refractivity contribution in [1.29, 1.82) is 0 Å². The molecule has 6 nitrogen and oxygen atoms in total. The van der Waals surface area contributed by atoms with Gasteiger partial charge in [0.25, 0.3) is 0 Å². The summed E-state index contributed by atoms with van der Waals surface area (Å²) in [6, 6.07) is 10.6. The summed E-state index contributed by atoms with van der Waals surface area (Å²) in [5.74, 6) is -0.625. The summed E-state index contributed by atoms with van der Waals surface area (Å²) in [5, 5.41) is 2.89. The van der Waals surface area contributed by atoms with E-state index in [-0.39, 0.29) is 35.3 Å². The van der Waals surface area contributed by atoms with Crippen molar-refractivity contribution in [1.82, 2.24) is 0 Å². The van der Waals surface area contributed by atoms with Crippen LogP contribution >= 0.6 is 0 Å². The number of carbonyl (C=O) groups excluding carboxylic acids is 2. The van der Waals surface area contributed by atoms with Gasteiger partial charge in [-0.1, -0.05) is 12.1 Å². The molecule has 0 saturated carbocycles. The first-order chi connectivity index (χ1) is 13.8. The molecular weight excluding hydrogens is 388 g/mol. The number of hydrogen-bond donors (Lipinski definition) is 1. The third-order valence-electron chi connectivity index (χ3n) is 5.76. The number of fused-ring (bicyclic) bond motifs is 2. The lowest BCUT2D eigenvalue weighted by molar-refractivity contribution is -0.117. The van der Waals surface area contributed by atoms with E-state index in [4.69, 9.17) is 0 Å². The molecule has 1 heterocycles. The molecule has 2 aromatic carbocycles. The van der Waals surface area contributed by atoms with E-state index in [1.54, 1.807) is 19.2 Å². The van der Waals surface area contributed by atoms with Gasteiger partial charge in [-0.2, -0.15) is 0 Å². The lowest BCUT2D eigenvalue weighted by Gasteiger charge is -2.19. The lowest BCUT2D eigenvalue weighted by atomic mass is 9.90. The molecule has 0 atom stereocenters. The molecule has 1 aliphatic heterocycles. The number of amides is 2. The van der Waals surface area contributed by atoms with Crippen LogP contribution in [0.4, 0.5) is 11.4 Å². The highest BCUT2D eigenvalue weighted by molar-refractivity contribution is 7.91. The third-order valence-corrected chi connectivity index (χ3v) is 7.47. The van der Waals surface area contributed by atoms with Crippen LogP contribution in [-0.2, 0) is 38.7 Å². The van der Waals surface area contributed by atoms with Gasteiger partial charge in [-0.25, -0.2) is 8.42 Å². The Bertz CT molecular complexity index is 1090. The fourth-order valence-corrected chi connectivity index (χ4v) is 5.38. The number of nitrogens with one attached hydrogen (secondary N) is 1. The number of anilines is 2. The van der Waals surface area contributed by atoms with Gasteiger partial charge in [-0.15, -0.1) is 0 Å². The summed E-state index contributed by atoms with van der Waals surface area (Å²) in [4.78, 5) is 25.9. The van der Waals surface area contributed by atoms with E-state index >= 15 is 0 Å². The summed E-state index contributed by atoms with van der Waals surface area (Å²) >= 11 is 0. The van der Waals surface area contributed by atoms with Gasteiger partial charge in [-0.05, 0) is 66.6 Å². The van der Waals surface area contributed by atoms with Gasteiger partial charge in [0.05, 0.1) is 17.1 Å². The number of aryl methyl sites for hydroxylation is 1. The zero-order chi connectivity index (χ0) is 20.6. The number of sulfone groups is 1. The van der Waals surface area contributed by atoms with Crippen molar-refractivity contribution in [2.45, 2.75) is 43.4 Å². The van der Waals surface area contributed by atoms with E-state index in [0.29, 0.717) is 5.56 Å². The summed E-state index contributed by atoms with van der Waals surface area (Å²) < 4.78 is 25.4. The molecule has 0 fully saturated rings. The normalized spacial score (nSPS) is 15.8. The van der Waals surface area contributed by atoms with Gasteiger partial charge in [-0.3, -0.25) is 9.59 Å². The smallest absolute Gasteiger partial charge is 0.231 e. The molecule has 0 bridgehead atoms. The van der Waals surface area contributed by atoms with Crippen molar-refractivity contribution in [3.05, 3.63) is 53.1 Å². The monoisotopic (exact) mass is 412 g/mol. The minimum Gasteiger partial charge on any atom is -0.326 e. The van der Waals surface area contributed by atoms with Crippen LogP contribution in [0.1, 0.15) is 36.0 Å². The van der Waals surface area contributed by atoms with Crippen LogP contribution in [0.25, 0.3) is 0 Å². The highest BCUT2D eigenvalue weighted by atomic mass is 32.2. The second-order valence-electron chi connectivity index (χ2n) is 7.69. The molecule has 0 unspecified atom stereocenters. The topological polar surface area (TPSA) is 83.6 Å². The van der Waals surface area contributed by atoms with Crippen molar-refractivity contribution < 1.29 is 18.0 Å². The molecule has 2 aromatic rings. The fourth-order valence-electron chi connectivity index (χ4n) is 4.10. The number of nitrogens with zero attached hydrogens (tertiary/aromatic N) is 1. The third kappa shape index (κ3) is 3.92. The van der Waals surface area contributed by atoms with Crippen molar-refractivity contribution in [3.8, 4) is 0 Å². The number of rotatable bonds is 5. The second-order valence-corrected chi connectivity index (χ2v) is 9.80. The average Bonchev–Trinajstić information content (AvgIpc) is 3.00. The lowest BCUT2D eigenvalue weighted by Crippen LogP contribution is -2.20. The largest absolute Gasteiger partial charge is 0.326 e. The van der Waals surface area contributed by atoms with Crippen LogP contribution in [0.2, 0.25) is 0 Å². The van der Waals surface area contributed by atoms with Crippen molar-refractivity contribution in [2.24, 2.45) is 0 Å². The standard InChI is InChI=1S/C22H24N2O4S/c1-24-20-10-9-17(13-16(20)14-22(24)26)29(27,28)12-11-21(25)23-19-8-4-6-15-5-2-3-7-18(15)19/h4,6,8-10,13H,2-3,5,7,11-12,14H2,1H3,(H,23,25). The maximum Gasteiger partial charge on any atom is 0.231 e. The Morgan fingerprint density at radius 2 is 1.90 bits per heavy atom. The molecule has 1 aliphatic carbocycles. The maximum absolute atomic E-state index is 12.7. The van der Waals surface area contributed by atoms with E-state index in [9.17, 15) is 18.0 Å². The molecule has 7 heteroatoms. The van der Waals surface area contributed by atoms with Gasteiger partial charge in [0, 0.05) is 24.8 Å². The van der Waals surface area contributed by atoms with E-state index < -0.39 is 9.84 Å². The molecule has 2 amide bonds. The van der Waals surface area contributed by atoms with E-state index in [1.165, 1.54) is 22.1 Å². The quantitative estimate of drug-likeness (QED) is 0.819. The van der Waals surface area contributed by atoms with Crippen LogP contribution in [0.3, 0.4) is 0 Å². The van der Waals surface area contributed by atoms with Crippen molar-refractivity contribution in [2.75, 3.05) is 23.0 Å². The fraction of sp³-hybridized carbons (Fsp3) is 0.364. The zero-order valence-electron chi connectivity index (χ0n) is 16.4. The number of hydrogen-bond acceptors (Lipinski definition) is 4. The summed E-state index contributed by atoms with van der Waals surface area (Å²) in [6.45, 7) is 0. The van der Waals surface area contributed by atoms with Crippen LogP contribution in [0.15, 0.2) is 41.3 Å². The molecule has 0 saturated heterocycles. The Balaban J connectivity index is 1.43. The maximum atomic E-state index is 12.7. The highest BCUT2D eigenvalue weighted by Crippen LogP contribution is 2.30. The Morgan fingerprint density at radius 3 is 2.72 bits per heavy atom. The van der Waals surface area contributed by atoms with Crippen LogP contribution < -0.4 is 10.2 Å².